The molecule has 2 aliphatic heterocycles. The first-order chi connectivity index (χ1) is 48.0. The predicted molar refractivity (Wildman–Crippen MR) is 448 cm³/mol. The minimum atomic E-state index is -1.58. The fourth-order valence-electron chi connectivity index (χ4n) is 8.78. The number of hydrogen-bond donors (Lipinski definition) is 6. The van der Waals surface area contributed by atoms with Gasteiger partial charge in [-0.25, -0.2) is 38.7 Å². The van der Waals surface area contributed by atoms with E-state index < -0.39 is 60.2 Å². The number of hydrogen-bond acceptors (Lipinski definition) is 22. The Balaban J connectivity index is 0.000000300. The molecule has 2 fully saturated rings. The Labute approximate surface area is 658 Å². The topological polar surface area (TPSA) is 311 Å². The van der Waals surface area contributed by atoms with Crippen LogP contribution in [-0.2, 0) is 218 Å². The smallest absolute Gasteiger partial charge is 0.322 e. The molecule has 23 nitrogen and oxygen atoms in total. The van der Waals surface area contributed by atoms with Crippen molar-refractivity contribution in [3.05, 3.63) is 130 Å². The third kappa shape index (κ3) is 29.7. The zero-order valence-corrected chi connectivity index (χ0v) is 70.7. The molecule has 46 heteroatoms. The molecular formula is C55H58Br2F2N14O9S19. The summed E-state index contributed by atoms with van der Waals surface area (Å²) >= 11 is 25.0. The average Bonchev–Trinajstić information content (AvgIpc) is 1.65. The Kier molecular flexibility index (Phi) is 42.6. The highest BCUT2D eigenvalue weighted by Crippen LogP contribution is 2.30. The highest BCUT2D eigenvalue weighted by Gasteiger charge is 2.49. The van der Waals surface area contributed by atoms with Crippen LogP contribution in [0.4, 0.5) is 26.1 Å². The quantitative estimate of drug-likeness (QED) is 0.0323. The molecular weight excluding hydrogens is 1810 g/mol. The summed E-state index contributed by atoms with van der Waals surface area (Å²) in [5.74, 6) is -1.33. The minimum Gasteiger partial charge on any atom is -0.480 e. The van der Waals surface area contributed by atoms with Gasteiger partial charge < -0.3 is 40.7 Å². The number of carboxylic acid groups (broad SMARTS) is 1. The van der Waals surface area contributed by atoms with Crippen molar-refractivity contribution in [3.8, 4) is 22.3 Å². The summed E-state index contributed by atoms with van der Waals surface area (Å²) in [5.41, 5.74) is 4.33. The fraction of sp³-hybridized carbons (Fsp3) is 0.309. The Hall–Kier alpha value is -4.06. The van der Waals surface area contributed by atoms with Crippen molar-refractivity contribution in [2.24, 2.45) is 0 Å². The summed E-state index contributed by atoms with van der Waals surface area (Å²) in [6.45, 7) is 5.41. The summed E-state index contributed by atoms with van der Waals surface area (Å²) in [6.07, 6.45) is 1.99. The van der Waals surface area contributed by atoms with Gasteiger partial charge in [0.05, 0.1) is 12.1 Å². The third-order valence-corrected chi connectivity index (χ3v) is 42.7. The molecule has 0 spiro atoms. The van der Waals surface area contributed by atoms with Gasteiger partial charge in [0.25, 0.3) is 5.91 Å². The van der Waals surface area contributed by atoms with E-state index in [1.165, 1.54) is 68.3 Å². The Morgan fingerprint density at radius 2 is 1.14 bits per heavy atom. The van der Waals surface area contributed by atoms with Crippen LogP contribution in [0.3, 0.4) is 0 Å². The van der Waals surface area contributed by atoms with Crippen LogP contribution >= 0.6 is 31.9 Å². The second-order valence-corrected chi connectivity index (χ2v) is 47.4. The molecule has 6 atom stereocenters. The van der Waals surface area contributed by atoms with Crippen molar-refractivity contribution in [2.45, 2.75) is 78.3 Å². The number of carbonyl (C=O) groups excluding carboxylic acids is 5. The number of Topliss-reactive ketones (excluding diaryl/α,β-unsaturated/α-hetero) is 2. The number of halogens is 4. The molecule has 2 aromatic carbocycles. The number of ketones is 2. The molecule has 2 saturated heterocycles. The lowest BCUT2D eigenvalue weighted by Gasteiger charge is -2.26. The first kappa shape index (κ1) is 89.3. The SMILES string of the molecule is C.CC(=O)C(=N)c1cc(-c2cnc(C)nc2)ccc1NCC(=O)O.CO[C@H]1[C@@H](C(=O)Nc2cccc(Br)n2)N(C(=O)Cn2nc(C(C)=O)c3cc(-c4cnc(C)nc4)ccc32)C[C@@H]1F.CO[C@H]1[C@@H](C(=O)Nc2cccc(Br)n2)NC[C@@H]1F.S=S=S=S=S=S=S=S=S.S=S=S=S=S=S=S=S=S=S. The standard InChI is InChI=1S/C27H25BrFN7O4.C16H16N4O3.C11H13BrFN3O2.CH4.S10.S9/c1-14(37)24-18-9-16(17-10-30-15(2)31-11-17)7-8-20(18)36(34-24)13-23(38)35-12-19(29)26(40-3)25(35)27(39)33-22-6-4-5-21(28)32-22;1-9(21)16(17)13-5-11(12-6-18-10(2)19-7-12)3-4-14(13)20-8-15(22)23;1-18-10-6(13)5-14-9(10)11(17)16-8-4-2-3-7(12)15-8;;1-3-5-7-9-10-8-6-4-2;1-3-5-7-9-8-6-4-2/h4-11,19,25-26H,12-13H2,1-3H3,(H,32,33,39);3-7,17,20H,8H2,1-2H3,(H,22,23);2-4,6,9-10,14H,5H2,1H3,(H,15,16,17);1H4;;/t19-,25-,26+;;6-,9-,10+;;;/m0.0.../s1. The van der Waals surface area contributed by atoms with E-state index in [4.69, 9.17) is 20.0 Å². The number of anilines is 3. The highest BCUT2D eigenvalue weighted by molar-refractivity contribution is 9.10. The molecule has 544 valence electrons. The normalized spacial score (nSPS) is 15.8. The van der Waals surface area contributed by atoms with Crippen molar-refractivity contribution < 1.29 is 52.1 Å². The molecule has 0 saturated carbocycles. The van der Waals surface area contributed by atoms with Crippen molar-refractivity contribution in [1.82, 2.24) is 49.9 Å². The van der Waals surface area contributed by atoms with E-state index in [1.807, 2.05) is 6.07 Å². The molecule has 2 aliphatic rings. The Bertz CT molecular complexity index is 4830. The first-order valence-corrected chi connectivity index (χ1v) is 51.8. The van der Waals surface area contributed by atoms with Gasteiger partial charge in [0, 0.05) is 265 Å². The summed E-state index contributed by atoms with van der Waals surface area (Å²) < 4.78 is 41.1. The molecule has 0 unspecified atom stereocenters. The number of nitrogens with one attached hydrogen (secondary N) is 5. The van der Waals surface area contributed by atoms with Crippen LogP contribution in [0.1, 0.15) is 49.0 Å². The lowest BCUT2D eigenvalue weighted by atomic mass is 9.99. The Morgan fingerprint density at radius 1 is 0.663 bits per heavy atom. The molecule has 0 aliphatic carbocycles. The number of rotatable bonds is 16. The number of carboxylic acids is 1. The van der Waals surface area contributed by atoms with Gasteiger partial charge in [-0.3, -0.25) is 38.9 Å². The van der Waals surface area contributed by atoms with Gasteiger partial charge >= 0.3 is 5.97 Å². The zero-order chi connectivity index (χ0) is 73.3. The van der Waals surface area contributed by atoms with Crippen molar-refractivity contribution >= 4 is 279 Å². The lowest BCUT2D eigenvalue weighted by molar-refractivity contribution is -0.139. The van der Waals surface area contributed by atoms with E-state index in [1.54, 1.807) is 203 Å². The summed E-state index contributed by atoms with van der Waals surface area (Å²) in [4.78, 5) is 99.5. The lowest BCUT2D eigenvalue weighted by Crippen LogP contribution is -2.49. The molecule has 7 heterocycles. The minimum absolute atomic E-state index is 0. The van der Waals surface area contributed by atoms with Crippen LogP contribution < -0.4 is 21.3 Å². The van der Waals surface area contributed by atoms with Gasteiger partial charge in [0.1, 0.15) is 93.6 Å². The molecule has 5 aromatic heterocycles. The number of alkyl halides is 2. The Morgan fingerprint density at radius 3 is 1.59 bits per heavy atom. The van der Waals surface area contributed by atoms with Crippen LogP contribution in [0.15, 0.2) is 107 Å². The van der Waals surface area contributed by atoms with Crippen LogP contribution in [0.2, 0.25) is 0 Å². The van der Waals surface area contributed by atoms with Crippen molar-refractivity contribution in [1.29, 1.82) is 5.41 Å². The maximum atomic E-state index is 14.9. The largest absolute Gasteiger partial charge is 0.480 e. The number of fused-ring (bicyclic) bond motifs is 1. The van der Waals surface area contributed by atoms with Gasteiger partial charge in [-0.05, 0) is 105 Å². The third-order valence-electron chi connectivity index (χ3n) is 13.0. The second kappa shape index (κ2) is 48.2. The monoisotopic (exact) mass is 1860 g/mol. The number of methoxy groups -OCH3 is 2. The van der Waals surface area contributed by atoms with Crippen LogP contribution in [0.5, 0.6) is 0 Å². The number of aryl methyl sites for hydroxylation is 2. The number of pyridine rings is 2. The molecule has 0 bridgehead atoms. The summed E-state index contributed by atoms with van der Waals surface area (Å²) in [7, 11) is 26.3. The van der Waals surface area contributed by atoms with Crippen LogP contribution in [0, 0.1) is 19.3 Å². The number of benzene rings is 2. The van der Waals surface area contributed by atoms with E-state index in [-0.39, 0.29) is 62.5 Å². The maximum absolute atomic E-state index is 14.9. The highest BCUT2D eigenvalue weighted by atomic mass is 79.9. The van der Waals surface area contributed by atoms with Gasteiger partial charge in [0.15, 0.2) is 11.6 Å². The maximum Gasteiger partial charge on any atom is 0.322 e. The number of likely N-dealkylation sites (tertiary alicyclic amines) is 1. The van der Waals surface area contributed by atoms with E-state index in [0.717, 1.165) is 27.2 Å². The molecule has 6 N–H and O–H groups in total. The van der Waals surface area contributed by atoms with Gasteiger partial charge in [-0.2, -0.15) is 5.10 Å². The van der Waals surface area contributed by atoms with Gasteiger partial charge in [-0.1, -0.05) is 31.7 Å². The summed E-state index contributed by atoms with van der Waals surface area (Å²) in [5, 5.41) is 32.4. The molecule has 0 radical (unpaired) electrons. The van der Waals surface area contributed by atoms with Crippen molar-refractivity contribution in [3.63, 3.8) is 0 Å². The number of nitrogens with zero attached hydrogens (tertiary/aromatic N) is 9. The van der Waals surface area contributed by atoms with Crippen LogP contribution in [0.25, 0.3) is 33.2 Å². The number of amides is 3. The fourth-order valence-corrected chi connectivity index (χ4v) is 39.7. The first-order valence-electron chi connectivity index (χ1n) is 27.5. The number of aromatic nitrogens is 8. The van der Waals surface area contributed by atoms with Gasteiger partial charge in [-0.15, -0.1) is 0 Å². The van der Waals surface area contributed by atoms with Gasteiger partial charge in [0.2, 0.25) is 11.8 Å². The number of carbonyl (C=O) groups is 6. The number of aliphatic carboxylic acids is 1. The second-order valence-electron chi connectivity index (χ2n) is 19.3. The van der Waals surface area contributed by atoms with Crippen molar-refractivity contribution in [2.75, 3.05) is 49.8 Å². The summed E-state index contributed by atoms with van der Waals surface area (Å²) in [6, 6.07) is 18.6. The molecule has 7 aromatic rings. The zero-order valence-electron chi connectivity index (χ0n) is 52.0. The van der Waals surface area contributed by atoms with E-state index in [2.05, 4.69) is 133 Å². The molecule has 3 amide bonds. The van der Waals surface area contributed by atoms with E-state index in [0.29, 0.717) is 48.8 Å². The predicted octanol–water partition coefficient (Wildman–Crippen LogP) is 6.97. The molecule has 9 rings (SSSR count). The average molecular weight is 1870 g/mol. The molecule has 101 heavy (non-hydrogen) atoms. The van der Waals surface area contributed by atoms with E-state index >= 15 is 0 Å². The van der Waals surface area contributed by atoms with Crippen LogP contribution in [-0.4, -0.2) is 161 Å². The van der Waals surface area contributed by atoms with E-state index in [9.17, 15) is 37.5 Å². The number of ether oxygens (including phenoxy) is 2.